The highest BCUT2D eigenvalue weighted by Crippen LogP contribution is 2.30. The average Bonchev–Trinajstić information content (AvgIpc) is 3.39. The van der Waals surface area contributed by atoms with E-state index in [9.17, 15) is 14.0 Å². The molecule has 4 nitrogen and oxygen atoms in total. The summed E-state index contributed by atoms with van der Waals surface area (Å²) >= 11 is 1.65. The molecule has 0 saturated heterocycles. The van der Waals surface area contributed by atoms with Crippen molar-refractivity contribution < 1.29 is 8.78 Å². The van der Waals surface area contributed by atoms with Crippen molar-refractivity contribution in [1.82, 2.24) is 0 Å². The van der Waals surface area contributed by atoms with Crippen LogP contribution in [0.3, 0.4) is 0 Å². The molecule has 0 atom stereocenters. The molecule has 0 unspecified atom stereocenters. The van der Waals surface area contributed by atoms with Crippen LogP contribution in [-0.4, -0.2) is 30.8 Å². The lowest BCUT2D eigenvalue weighted by Gasteiger charge is -2.22. The standard InChI is InChI=1S/C21H19BF2N4S/c1-29-28(18-7-6-16-10-22(13-25)11-17(16)8-18)12-14-2-4-15(5-3-14)19-9-20(21(23)24)27-26-19/h2-8,21H,9-12H2,1H3. The number of nitrogens with zero attached hydrogens (tertiary/aromatic N) is 4. The fraction of sp³-hybridized carbons (Fsp3) is 0.286. The molecule has 0 spiro atoms. The Morgan fingerprint density at radius 3 is 2.55 bits per heavy atom. The van der Waals surface area contributed by atoms with E-state index in [0.29, 0.717) is 12.3 Å². The minimum atomic E-state index is -2.55. The maximum Gasteiger partial charge on any atom is 0.278 e. The average molecular weight is 408 g/mol. The number of alkyl halides is 2. The first-order valence-corrected chi connectivity index (χ1v) is 10.6. The zero-order valence-electron chi connectivity index (χ0n) is 16.0. The summed E-state index contributed by atoms with van der Waals surface area (Å²) in [6.45, 7) is 0.802. The third-order valence-electron chi connectivity index (χ3n) is 5.33. The largest absolute Gasteiger partial charge is 0.312 e. The highest BCUT2D eigenvalue weighted by atomic mass is 32.2. The summed E-state index contributed by atoms with van der Waals surface area (Å²) in [5.74, 6) is 2.37. The predicted molar refractivity (Wildman–Crippen MR) is 116 cm³/mol. The van der Waals surface area contributed by atoms with E-state index in [1.165, 1.54) is 11.1 Å². The Balaban J connectivity index is 1.44. The van der Waals surface area contributed by atoms with Crippen LogP contribution >= 0.6 is 11.9 Å². The lowest BCUT2D eigenvalue weighted by Crippen LogP contribution is -2.14. The molecule has 0 radical (unpaired) electrons. The first-order valence-electron chi connectivity index (χ1n) is 9.41. The second kappa shape index (κ2) is 8.38. The Morgan fingerprint density at radius 1 is 1.14 bits per heavy atom. The van der Waals surface area contributed by atoms with Gasteiger partial charge in [0.15, 0.2) is 0 Å². The van der Waals surface area contributed by atoms with Crippen molar-refractivity contribution >= 4 is 35.8 Å². The number of halogens is 2. The van der Waals surface area contributed by atoms with Gasteiger partial charge in [-0.05, 0) is 41.5 Å². The smallest absolute Gasteiger partial charge is 0.278 e. The molecule has 2 heterocycles. The van der Waals surface area contributed by atoms with Crippen molar-refractivity contribution in [3.05, 3.63) is 64.7 Å². The topological polar surface area (TPSA) is 51.8 Å². The van der Waals surface area contributed by atoms with E-state index >= 15 is 0 Å². The van der Waals surface area contributed by atoms with E-state index in [1.54, 1.807) is 11.9 Å². The van der Waals surface area contributed by atoms with Gasteiger partial charge in [-0.1, -0.05) is 47.8 Å². The Morgan fingerprint density at radius 2 is 1.90 bits per heavy atom. The van der Waals surface area contributed by atoms with Crippen LogP contribution in [0.2, 0.25) is 0 Å². The van der Waals surface area contributed by atoms with E-state index in [0.717, 1.165) is 29.5 Å². The van der Waals surface area contributed by atoms with Crippen LogP contribution < -0.4 is 4.31 Å². The number of hydrogen-bond acceptors (Lipinski definition) is 5. The van der Waals surface area contributed by atoms with Gasteiger partial charge in [-0.25, -0.2) is 14.0 Å². The minimum Gasteiger partial charge on any atom is -0.312 e. The minimum absolute atomic E-state index is 0.0867. The van der Waals surface area contributed by atoms with Gasteiger partial charge in [0, 0.05) is 24.3 Å². The Labute approximate surface area is 173 Å². The van der Waals surface area contributed by atoms with Crippen molar-refractivity contribution in [2.75, 3.05) is 10.6 Å². The first-order chi connectivity index (χ1) is 14.1. The summed E-state index contributed by atoms with van der Waals surface area (Å²) in [7, 11) is 0. The van der Waals surface area contributed by atoms with E-state index in [4.69, 9.17) is 0 Å². The van der Waals surface area contributed by atoms with Crippen molar-refractivity contribution in [2.45, 2.75) is 32.0 Å². The Bertz CT molecular complexity index is 1010. The zero-order valence-corrected chi connectivity index (χ0v) is 16.8. The number of anilines is 1. The third-order valence-corrected chi connectivity index (χ3v) is 6.11. The molecule has 0 fully saturated rings. The predicted octanol–water partition coefficient (Wildman–Crippen LogP) is 4.52. The van der Waals surface area contributed by atoms with Crippen LogP contribution in [0, 0.1) is 11.2 Å². The number of hydrogen-bond donors (Lipinski definition) is 0. The van der Waals surface area contributed by atoms with Crippen molar-refractivity contribution in [1.29, 1.82) is 5.26 Å². The molecule has 29 heavy (non-hydrogen) atoms. The molecule has 2 aromatic rings. The van der Waals surface area contributed by atoms with Crippen molar-refractivity contribution in [3.63, 3.8) is 0 Å². The van der Waals surface area contributed by atoms with Gasteiger partial charge < -0.3 is 4.31 Å². The number of benzene rings is 2. The summed E-state index contributed by atoms with van der Waals surface area (Å²) < 4.78 is 27.7. The maximum absolute atomic E-state index is 12.7. The molecule has 0 amide bonds. The fourth-order valence-corrected chi connectivity index (χ4v) is 4.33. The quantitative estimate of drug-likeness (QED) is 0.522. The van der Waals surface area contributed by atoms with Gasteiger partial charge in [0.2, 0.25) is 0 Å². The van der Waals surface area contributed by atoms with Crippen molar-refractivity contribution in [3.8, 4) is 5.97 Å². The highest BCUT2D eigenvalue weighted by Gasteiger charge is 2.26. The maximum atomic E-state index is 12.7. The Kier molecular flexibility index (Phi) is 5.68. The molecule has 2 aliphatic rings. The molecule has 8 heteroatoms. The van der Waals surface area contributed by atoms with E-state index < -0.39 is 6.43 Å². The van der Waals surface area contributed by atoms with Gasteiger partial charge in [-0.15, -0.1) is 0 Å². The van der Waals surface area contributed by atoms with Crippen LogP contribution in [-0.2, 0) is 19.2 Å². The summed E-state index contributed by atoms with van der Waals surface area (Å²) in [4.78, 5) is 0. The van der Waals surface area contributed by atoms with Crippen LogP contribution in [0.4, 0.5) is 14.5 Å². The summed E-state index contributed by atoms with van der Waals surface area (Å²) in [6, 6.07) is 14.3. The van der Waals surface area contributed by atoms with Gasteiger partial charge >= 0.3 is 0 Å². The number of nitriles is 1. The monoisotopic (exact) mass is 408 g/mol. The lowest BCUT2D eigenvalue weighted by atomic mass is 9.49. The second-order valence-electron chi connectivity index (χ2n) is 7.22. The van der Waals surface area contributed by atoms with Crippen LogP contribution in [0.5, 0.6) is 0 Å². The Hall–Kier alpha value is -2.66. The molecule has 0 aliphatic carbocycles. The molecule has 0 saturated carbocycles. The van der Waals surface area contributed by atoms with Crippen LogP contribution in [0.25, 0.3) is 0 Å². The van der Waals surface area contributed by atoms with Gasteiger partial charge in [-0.2, -0.15) is 10.2 Å². The summed E-state index contributed by atoms with van der Waals surface area (Å²) in [5.41, 5.74) is 6.00. The SMILES string of the molecule is CSN(Cc1ccc(C2=NN=C(C(F)F)C2)cc1)c1ccc2c(c1)CB(C#N)C2. The normalized spacial score (nSPS) is 15.2. The number of rotatable bonds is 6. The second-order valence-corrected chi connectivity index (χ2v) is 8.02. The molecule has 2 aliphatic heterocycles. The molecule has 2 aromatic carbocycles. The van der Waals surface area contributed by atoms with E-state index in [-0.39, 0.29) is 18.8 Å². The fourth-order valence-electron chi connectivity index (χ4n) is 3.73. The van der Waals surface area contributed by atoms with Gasteiger partial charge in [-0.3, -0.25) is 0 Å². The van der Waals surface area contributed by atoms with E-state index in [2.05, 4.69) is 38.7 Å². The lowest BCUT2D eigenvalue weighted by molar-refractivity contribution is 0.224. The number of fused-ring (bicyclic) bond motifs is 1. The van der Waals surface area contributed by atoms with Gasteiger partial charge in [0.1, 0.15) is 5.71 Å². The van der Waals surface area contributed by atoms with Gasteiger partial charge in [0.25, 0.3) is 13.1 Å². The molecule has 0 aromatic heterocycles. The van der Waals surface area contributed by atoms with E-state index in [1.807, 2.05) is 30.5 Å². The molecule has 0 bridgehead atoms. The molecular formula is C21H19BF2N4S. The van der Waals surface area contributed by atoms with Crippen molar-refractivity contribution in [2.24, 2.45) is 10.2 Å². The van der Waals surface area contributed by atoms with Crippen LogP contribution in [0.15, 0.2) is 52.7 Å². The van der Waals surface area contributed by atoms with Crippen LogP contribution in [0.1, 0.15) is 28.7 Å². The zero-order chi connectivity index (χ0) is 20.4. The first kappa shape index (κ1) is 19.7. The molecular weight excluding hydrogens is 389 g/mol. The molecule has 0 N–H and O–H groups in total. The highest BCUT2D eigenvalue weighted by molar-refractivity contribution is 7.99. The molecule has 4 rings (SSSR count). The summed E-state index contributed by atoms with van der Waals surface area (Å²) in [5, 5.41) is 16.7. The summed E-state index contributed by atoms with van der Waals surface area (Å²) in [6.07, 6.45) is 1.25. The molecule has 146 valence electrons. The third kappa shape index (κ3) is 4.20. The van der Waals surface area contributed by atoms with Gasteiger partial charge in [0.05, 0.1) is 12.3 Å².